The van der Waals surface area contributed by atoms with Gasteiger partial charge in [0.15, 0.2) is 0 Å². The monoisotopic (exact) mass is 317 g/mol. The molecule has 5 heteroatoms. The molecular formula is C19H19N5. The Morgan fingerprint density at radius 1 is 1.29 bits per heavy atom. The van der Waals surface area contributed by atoms with Gasteiger partial charge in [-0.15, -0.1) is 0 Å². The Morgan fingerprint density at radius 3 is 2.83 bits per heavy atom. The quantitative estimate of drug-likeness (QED) is 0.794. The van der Waals surface area contributed by atoms with E-state index in [0.29, 0.717) is 0 Å². The fourth-order valence-electron chi connectivity index (χ4n) is 3.13. The summed E-state index contributed by atoms with van der Waals surface area (Å²) in [6, 6.07) is 10.8. The van der Waals surface area contributed by atoms with Crippen LogP contribution in [0.15, 0.2) is 36.8 Å². The fraction of sp³-hybridized carbons (Fsp3) is 0.316. The van der Waals surface area contributed by atoms with Gasteiger partial charge in [0.25, 0.3) is 0 Å². The lowest BCUT2D eigenvalue weighted by atomic mass is 9.94. The molecule has 1 N–H and O–H groups in total. The Balaban J connectivity index is 1.68. The van der Waals surface area contributed by atoms with Gasteiger partial charge in [0.1, 0.15) is 11.3 Å². The van der Waals surface area contributed by atoms with Gasteiger partial charge in [-0.2, -0.15) is 5.26 Å². The molecule has 1 aliphatic rings. The number of pyridine rings is 1. The van der Waals surface area contributed by atoms with E-state index in [1.165, 1.54) is 5.56 Å². The van der Waals surface area contributed by atoms with Gasteiger partial charge in [-0.1, -0.05) is 19.1 Å². The number of aromatic nitrogens is 3. The maximum atomic E-state index is 9.40. The van der Waals surface area contributed by atoms with Crippen molar-refractivity contribution in [3.8, 4) is 6.07 Å². The first-order valence-electron chi connectivity index (χ1n) is 8.24. The highest BCUT2D eigenvalue weighted by Gasteiger charge is 2.44. The maximum absolute atomic E-state index is 9.40. The van der Waals surface area contributed by atoms with Crippen LogP contribution in [0.1, 0.15) is 30.9 Å². The number of imidazole rings is 1. The van der Waals surface area contributed by atoms with Crippen molar-refractivity contribution in [2.24, 2.45) is 7.05 Å². The summed E-state index contributed by atoms with van der Waals surface area (Å²) in [7, 11) is 1.97. The van der Waals surface area contributed by atoms with Gasteiger partial charge < -0.3 is 9.88 Å². The molecule has 0 atom stereocenters. The molecule has 0 unspecified atom stereocenters. The van der Waals surface area contributed by atoms with E-state index in [1.54, 1.807) is 12.5 Å². The molecule has 0 amide bonds. The predicted molar refractivity (Wildman–Crippen MR) is 94.1 cm³/mol. The van der Waals surface area contributed by atoms with E-state index in [2.05, 4.69) is 46.5 Å². The molecule has 1 aliphatic carbocycles. The molecule has 0 aliphatic heterocycles. The van der Waals surface area contributed by atoms with Crippen LogP contribution in [0, 0.1) is 11.3 Å². The van der Waals surface area contributed by atoms with Crippen molar-refractivity contribution in [1.82, 2.24) is 14.5 Å². The van der Waals surface area contributed by atoms with Crippen LogP contribution in [-0.2, 0) is 18.9 Å². The highest BCUT2D eigenvalue weighted by Crippen LogP contribution is 2.48. The van der Waals surface area contributed by atoms with Crippen LogP contribution >= 0.6 is 0 Å². The SMILES string of the molecule is CCc1cc(C2(C#N)CC2)ccc1Nc1cc2c(cn1)ncn2C. The van der Waals surface area contributed by atoms with Crippen molar-refractivity contribution < 1.29 is 0 Å². The fourth-order valence-corrected chi connectivity index (χ4v) is 3.13. The molecular weight excluding hydrogens is 298 g/mol. The Bertz CT molecular complexity index is 960. The van der Waals surface area contributed by atoms with Gasteiger partial charge in [0, 0.05) is 18.8 Å². The normalized spacial score (nSPS) is 15.2. The first kappa shape index (κ1) is 14.7. The minimum atomic E-state index is -0.242. The number of benzene rings is 1. The van der Waals surface area contributed by atoms with Gasteiger partial charge >= 0.3 is 0 Å². The summed E-state index contributed by atoms with van der Waals surface area (Å²) in [4.78, 5) is 8.75. The summed E-state index contributed by atoms with van der Waals surface area (Å²) in [5.74, 6) is 0.801. The van der Waals surface area contributed by atoms with Gasteiger partial charge in [0.05, 0.1) is 29.5 Å². The van der Waals surface area contributed by atoms with E-state index in [0.717, 1.165) is 47.4 Å². The molecule has 2 aromatic heterocycles. The molecule has 1 saturated carbocycles. The number of aryl methyl sites for hydroxylation is 2. The third kappa shape index (κ3) is 2.31. The largest absolute Gasteiger partial charge is 0.340 e. The Labute approximate surface area is 141 Å². The van der Waals surface area contributed by atoms with Crippen LogP contribution in [0.2, 0.25) is 0 Å². The molecule has 1 aromatic carbocycles. The molecule has 120 valence electrons. The molecule has 0 radical (unpaired) electrons. The average Bonchev–Trinajstić information content (AvgIpc) is 3.34. The smallest absolute Gasteiger partial charge is 0.132 e. The number of rotatable bonds is 4. The number of nitrogens with zero attached hydrogens (tertiary/aromatic N) is 4. The van der Waals surface area contributed by atoms with Crippen molar-refractivity contribution in [1.29, 1.82) is 5.26 Å². The van der Waals surface area contributed by atoms with E-state index in [1.807, 2.05) is 17.7 Å². The van der Waals surface area contributed by atoms with Crippen molar-refractivity contribution >= 4 is 22.5 Å². The summed E-state index contributed by atoms with van der Waals surface area (Å²) in [5, 5.41) is 12.8. The van der Waals surface area contributed by atoms with Crippen LogP contribution in [0.5, 0.6) is 0 Å². The summed E-state index contributed by atoms with van der Waals surface area (Å²) in [6.07, 6.45) is 6.42. The van der Waals surface area contributed by atoms with Gasteiger partial charge in [-0.3, -0.25) is 0 Å². The van der Waals surface area contributed by atoms with Gasteiger partial charge in [-0.25, -0.2) is 9.97 Å². The highest BCUT2D eigenvalue weighted by molar-refractivity contribution is 5.78. The van der Waals surface area contributed by atoms with Gasteiger partial charge in [0.2, 0.25) is 0 Å². The third-order valence-electron chi connectivity index (χ3n) is 4.88. The second-order valence-corrected chi connectivity index (χ2v) is 6.46. The van der Waals surface area contributed by atoms with Crippen LogP contribution in [0.25, 0.3) is 11.0 Å². The van der Waals surface area contributed by atoms with Crippen LogP contribution < -0.4 is 5.32 Å². The molecule has 0 spiro atoms. The molecule has 5 nitrogen and oxygen atoms in total. The summed E-state index contributed by atoms with van der Waals surface area (Å²) in [6.45, 7) is 2.13. The number of hydrogen-bond donors (Lipinski definition) is 1. The molecule has 2 heterocycles. The van der Waals surface area contributed by atoms with E-state index < -0.39 is 0 Å². The lowest BCUT2D eigenvalue weighted by Gasteiger charge is -2.14. The minimum Gasteiger partial charge on any atom is -0.340 e. The Kier molecular flexibility index (Phi) is 3.27. The topological polar surface area (TPSA) is 66.5 Å². The van der Waals surface area contributed by atoms with Crippen molar-refractivity contribution in [3.63, 3.8) is 0 Å². The number of hydrogen-bond acceptors (Lipinski definition) is 4. The zero-order valence-electron chi connectivity index (χ0n) is 13.9. The number of nitrogens with one attached hydrogen (secondary N) is 1. The molecule has 3 aromatic rings. The molecule has 24 heavy (non-hydrogen) atoms. The van der Waals surface area contributed by atoms with Crippen molar-refractivity contribution in [2.45, 2.75) is 31.6 Å². The number of anilines is 2. The first-order chi connectivity index (χ1) is 11.6. The minimum absolute atomic E-state index is 0.242. The number of fused-ring (bicyclic) bond motifs is 1. The molecule has 4 rings (SSSR count). The van der Waals surface area contributed by atoms with E-state index in [-0.39, 0.29) is 5.41 Å². The summed E-state index contributed by atoms with van der Waals surface area (Å²) < 4.78 is 1.98. The zero-order valence-corrected chi connectivity index (χ0v) is 13.9. The maximum Gasteiger partial charge on any atom is 0.132 e. The average molecular weight is 317 g/mol. The van der Waals surface area contributed by atoms with E-state index in [9.17, 15) is 5.26 Å². The van der Waals surface area contributed by atoms with Crippen LogP contribution in [0.3, 0.4) is 0 Å². The summed E-state index contributed by atoms with van der Waals surface area (Å²) in [5.41, 5.74) is 5.09. The molecule has 0 bridgehead atoms. The van der Waals surface area contributed by atoms with Gasteiger partial charge in [-0.05, 0) is 36.5 Å². The zero-order chi connectivity index (χ0) is 16.7. The second kappa shape index (κ2) is 5.34. The van der Waals surface area contributed by atoms with Crippen molar-refractivity contribution in [3.05, 3.63) is 47.9 Å². The van der Waals surface area contributed by atoms with E-state index >= 15 is 0 Å². The van der Waals surface area contributed by atoms with E-state index in [4.69, 9.17) is 0 Å². The lowest BCUT2D eigenvalue weighted by Crippen LogP contribution is -2.05. The first-order valence-corrected chi connectivity index (χ1v) is 8.24. The number of nitriles is 1. The van der Waals surface area contributed by atoms with Crippen molar-refractivity contribution in [2.75, 3.05) is 5.32 Å². The lowest BCUT2D eigenvalue weighted by molar-refractivity contribution is 0.902. The predicted octanol–water partition coefficient (Wildman–Crippen LogP) is 3.83. The van der Waals surface area contributed by atoms with Crippen LogP contribution in [-0.4, -0.2) is 14.5 Å². The Morgan fingerprint density at radius 2 is 2.12 bits per heavy atom. The van der Waals surface area contributed by atoms with Crippen LogP contribution in [0.4, 0.5) is 11.5 Å². The summed E-state index contributed by atoms with van der Waals surface area (Å²) >= 11 is 0. The third-order valence-corrected chi connectivity index (χ3v) is 4.88. The molecule has 0 saturated heterocycles. The standard InChI is InChI=1S/C19H19N5/c1-3-13-8-14(19(11-20)6-7-19)4-5-15(13)23-18-9-17-16(10-21-18)22-12-24(17)2/h4-5,8-10,12H,3,6-7H2,1-2H3,(H,21,23). The Hall–Kier alpha value is -2.87. The molecule has 1 fully saturated rings. The second-order valence-electron chi connectivity index (χ2n) is 6.46. The highest BCUT2D eigenvalue weighted by atomic mass is 15.0.